The molecule has 4 heteroatoms. The highest BCUT2D eigenvalue weighted by Gasteiger charge is 2.07. The Morgan fingerprint density at radius 1 is 1.38 bits per heavy atom. The molecule has 2 aromatic rings. The van der Waals surface area contributed by atoms with Gasteiger partial charge in [0.25, 0.3) is 0 Å². The maximum absolute atomic E-state index is 5.75. The fourth-order valence-electron chi connectivity index (χ4n) is 2.13. The lowest BCUT2D eigenvalue weighted by Gasteiger charge is -2.05. The number of ether oxygens (including phenoxy) is 1. The zero-order valence-electron chi connectivity index (χ0n) is 13.1. The Bertz CT molecular complexity index is 517. The van der Waals surface area contributed by atoms with Gasteiger partial charge >= 0.3 is 0 Å². The van der Waals surface area contributed by atoms with Gasteiger partial charge in [-0.1, -0.05) is 19.9 Å². The lowest BCUT2D eigenvalue weighted by Crippen LogP contribution is -2.18. The van der Waals surface area contributed by atoms with Gasteiger partial charge in [0, 0.05) is 23.4 Å². The molecule has 0 aromatic carbocycles. The van der Waals surface area contributed by atoms with Gasteiger partial charge in [0.2, 0.25) is 0 Å². The average molecular weight is 307 g/mol. The molecular formula is C17H25NO2S. The van der Waals surface area contributed by atoms with Crippen LogP contribution in [0.4, 0.5) is 0 Å². The number of nitrogens with one attached hydrogen (secondary N) is 1. The van der Waals surface area contributed by atoms with Crippen molar-refractivity contribution in [3.8, 4) is 0 Å². The normalized spacial score (nSPS) is 11.4. The van der Waals surface area contributed by atoms with Crippen molar-refractivity contribution in [3.63, 3.8) is 0 Å². The highest BCUT2D eigenvalue weighted by molar-refractivity contribution is 7.09. The third-order valence-electron chi connectivity index (χ3n) is 3.26. The second kappa shape index (κ2) is 8.37. The Morgan fingerprint density at radius 2 is 2.24 bits per heavy atom. The quantitative estimate of drug-likeness (QED) is 0.707. The summed E-state index contributed by atoms with van der Waals surface area (Å²) in [6.07, 6.45) is 0.972. The summed E-state index contributed by atoms with van der Waals surface area (Å²) in [5.74, 6) is 2.57. The van der Waals surface area contributed by atoms with Crippen LogP contribution in [0.2, 0.25) is 0 Å². The molecule has 2 rings (SSSR count). The molecule has 1 N–H and O–H groups in total. The molecule has 2 aromatic heterocycles. The molecule has 0 bridgehead atoms. The van der Waals surface area contributed by atoms with Crippen molar-refractivity contribution in [2.75, 3.05) is 13.2 Å². The number of thiophene rings is 1. The summed E-state index contributed by atoms with van der Waals surface area (Å²) in [5.41, 5.74) is 1.23. The minimum absolute atomic E-state index is 0.552. The first kappa shape index (κ1) is 16.3. The van der Waals surface area contributed by atoms with Crippen LogP contribution in [-0.2, 0) is 24.3 Å². The molecule has 0 aliphatic rings. The summed E-state index contributed by atoms with van der Waals surface area (Å²) >= 11 is 1.78. The molecule has 0 amide bonds. The summed E-state index contributed by atoms with van der Waals surface area (Å²) in [7, 11) is 0. The first-order valence-corrected chi connectivity index (χ1v) is 8.42. The smallest absolute Gasteiger partial charge is 0.130 e. The molecule has 0 aliphatic carbocycles. The standard InChI is InChI=1S/C17H25NO2S/c1-13(2)10-18-11-15-9-16(20-14(15)3)12-19-7-6-17-5-4-8-21-17/h4-5,8-9,13,18H,6-7,10-12H2,1-3H3. The zero-order chi connectivity index (χ0) is 15.1. The van der Waals surface area contributed by atoms with Crippen molar-refractivity contribution in [3.05, 3.63) is 45.5 Å². The van der Waals surface area contributed by atoms with Crippen LogP contribution in [0.1, 0.15) is 35.8 Å². The summed E-state index contributed by atoms with van der Waals surface area (Å²) in [6, 6.07) is 6.32. The predicted molar refractivity (Wildman–Crippen MR) is 87.7 cm³/mol. The Morgan fingerprint density at radius 3 is 2.95 bits per heavy atom. The van der Waals surface area contributed by atoms with Crippen LogP contribution in [-0.4, -0.2) is 13.2 Å². The Labute approximate surface area is 131 Å². The second-order valence-corrected chi connectivity index (χ2v) is 6.73. The van der Waals surface area contributed by atoms with Gasteiger partial charge in [0.15, 0.2) is 0 Å². The molecule has 0 radical (unpaired) electrons. The van der Waals surface area contributed by atoms with E-state index in [-0.39, 0.29) is 0 Å². The third-order valence-corrected chi connectivity index (χ3v) is 4.19. The first-order valence-electron chi connectivity index (χ1n) is 7.54. The maximum atomic E-state index is 5.75. The lowest BCUT2D eigenvalue weighted by atomic mass is 10.2. The zero-order valence-corrected chi connectivity index (χ0v) is 14.0. The van der Waals surface area contributed by atoms with Crippen molar-refractivity contribution in [1.82, 2.24) is 5.32 Å². The summed E-state index contributed by atoms with van der Waals surface area (Å²) in [5, 5.41) is 5.54. The van der Waals surface area contributed by atoms with Crippen LogP contribution in [0, 0.1) is 12.8 Å². The van der Waals surface area contributed by atoms with Gasteiger partial charge in [-0.3, -0.25) is 0 Å². The van der Waals surface area contributed by atoms with Gasteiger partial charge in [0.05, 0.1) is 6.61 Å². The van der Waals surface area contributed by atoms with Gasteiger partial charge < -0.3 is 14.5 Å². The van der Waals surface area contributed by atoms with E-state index in [1.165, 1.54) is 10.4 Å². The molecule has 0 fully saturated rings. The molecule has 0 unspecified atom stereocenters. The van der Waals surface area contributed by atoms with Crippen molar-refractivity contribution in [1.29, 1.82) is 0 Å². The van der Waals surface area contributed by atoms with E-state index in [2.05, 4.69) is 42.7 Å². The predicted octanol–water partition coefficient (Wildman–Crippen LogP) is 4.15. The Hall–Kier alpha value is -1.10. The van der Waals surface area contributed by atoms with E-state index < -0.39 is 0 Å². The first-order chi connectivity index (χ1) is 10.1. The highest BCUT2D eigenvalue weighted by Crippen LogP contribution is 2.16. The summed E-state index contributed by atoms with van der Waals surface area (Å²) < 4.78 is 11.4. The molecule has 0 saturated heterocycles. The molecule has 21 heavy (non-hydrogen) atoms. The Balaban J connectivity index is 1.71. The topological polar surface area (TPSA) is 34.4 Å². The fraction of sp³-hybridized carbons (Fsp3) is 0.529. The van der Waals surface area contributed by atoms with Gasteiger partial charge in [-0.05, 0) is 36.9 Å². The molecule has 0 saturated carbocycles. The van der Waals surface area contributed by atoms with Gasteiger partial charge in [-0.15, -0.1) is 11.3 Å². The van der Waals surface area contributed by atoms with E-state index in [4.69, 9.17) is 9.15 Å². The van der Waals surface area contributed by atoms with E-state index in [1.54, 1.807) is 11.3 Å². The average Bonchev–Trinajstić information content (AvgIpc) is 3.05. The van der Waals surface area contributed by atoms with Gasteiger partial charge in [-0.2, -0.15) is 0 Å². The minimum atomic E-state index is 0.552. The van der Waals surface area contributed by atoms with E-state index >= 15 is 0 Å². The number of hydrogen-bond acceptors (Lipinski definition) is 4. The largest absolute Gasteiger partial charge is 0.464 e. The molecular weight excluding hydrogens is 282 g/mol. The SMILES string of the molecule is Cc1oc(COCCc2cccs2)cc1CNCC(C)C. The highest BCUT2D eigenvalue weighted by atomic mass is 32.1. The Kier molecular flexibility index (Phi) is 6.49. The van der Waals surface area contributed by atoms with Gasteiger partial charge in [0.1, 0.15) is 18.1 Å². The number of hydrogen-bond donors (Lipinski definition) is 1. The van der Waals surface area contributed by atoms with Crippen molar-refractivity contribution >= 4 is 11.3 Å². The number of rotatable bonds is 9. The lowest BCUT2D eigenvalue weighted by molar-refractivity contribution is 0.108. The van der Waals surface area contributed by atoms with E-state index in [0.717, 1.165) is 37.6 Å². The molecule has 0 atom stereocenters. The van der Waals surface area contributed by atoms with Crippen LogP contribution in [0.25, 0.3) is 0 Å². The summed E-state index contributed by atoms with van der Waals surface area (Å²) in [4.78, 5) is 1.36. The van der Waals surface area contributed by atoms with Crippen LogP contribution >= 0.6 is 11.3 Å². The second-order valence-electron chi connectivity index (χ2n) is 5.70. The van der Waals surface area contributed by atoms with Crippen LogP contribution in [0.15, 0.2) is 28.0 Å². The monoisotopic (exact) mass is 307 g/mol. The molecule has 116 valence electrons. The molecule has 0 spiro atoms. The molecule has 2 heterocycles. The van der Waals surface area contributed by atoms with E-state index in [9.17, 15) is 0 Å². The van der Waals surface area contributed by atoms with Crippen molar-refractivity contribution < 1.29 is 9.15 Å². The fourth-order valence-corrected chi connectivity index (χ4v) is 2.82. The summed E-state index contributed by atoms with van der Waals surface area (Å²) in [6.45, 7) is 9.61. The number of aryl methyl sites for hydroxylation is 1. The van der Waals surface area contributed by atoms with Crippen molar-refractivity contribution in [2.45, 2.75) is 40.3 Å². The number of furan rings is 1. The van der Waals surface area contributed by atoms with E-state index in [0.29, 0.717) is 12.5 Å². The van der Waals surface area contributed by atoms with Gasteiger partial charge in [-0.25, -0.2) is 0 Å². The van der Waals surface area contributed by atoms with Crippen molar-refractivity contribution in [2.24, 2.45) is 5.92 Å². The van der Waals surface area contributed by atoms with Crippen LogP contribution in [0.3, 0.4) is 0 Å². The minimum Gasteiger partial charge on any atom is -0.464 e. The van der Waals surface area contributed by atoms with E-state index in [1.807, 2.05) is 6.92 Å². The maximum Gasteiger partial charge on any atom is 0.130 e. The molecule has 0 aliphatic heterocycles. The third kappa shape index (κ3) is 5.65. The van der Waals surface area contributed by atoms with Crippen LogP contribution in [0.5, 0.6) is 0 Å². The molecule has 3 nitrogen and oxygen atoms in total. The van der Waals surface area contributed by atoms with Crippen LogP contribution < -0.4 is 5.32 Å².